The number of nitrogens with zero attached hydrogens (tertiary/aromatic N) is 1. The number of nitrogens with one attached hydrogen (secondary N) is 1. The molecule has 0 bridgehead atoms. The van der Waals surface area contributed by atoms with Crippen molar-refractivity contribution in [3.63, 3.8) is 0 Å². The van der Waals surface area contributed by atoms with Crippen LogP contribution in [0.1, 0.15) is 31.6 Å². The fraction of sp³-hybridized carbons (Fsp3) is 0.556. The van der Waals surface area contributed by atoms with Gasteiger partial charge in [0.05, 0.1) is 0 Å². The van der Waals surface area contributed by atoms with Crippen molar-refractivity contribution in [2.45, 2.75) is 39.3 Å². The lowest BCUT2D eigenvalue weighted by atomic mass is 9.94. The average molecular weight is 286 g/mol. The molecule has 114 valence electrons. The number of benzene rings is 1. The maximum Gasteiger partial charge on any atom is 0.134 e. The molecule has 3 heteroatoms. The Labute approximate surface area is 127 Å². The Kier molecular flexibility index (Phi) is 4.32. The molecule has 1 aromatic heterocycles. The second kappa shape index (κ2) is 6.20. The highest BCUT2D eigenvalue weighted by Gasteiger charge is 2.24. The molecule has 0 saturated carbocycles. The van der Waals surface area contributed by atoms with E-state index >= 15 is 0 Å². The van der Waals surface area contributed by atoms with E-state index in [1.807, 2.05) is 6.07 Å². The molecule has 3 rings (SSSR count). The molecule has 1 fully saturated rings. The molecule has 21 heavy (non-hydrogen) atoms. The number of piperidine rings is 1. The van der Waals surface area contributed by atoms with Crippen LogP contribution >= 0.6 is 0 Å². The van der Waals surface area contributed by atoms with E-state index in [1.54, 1.807) is 0 Å². The van der Waals surface area contributed by atoms with Crippen LogP contribution in [0.4, 0.5) is 0 Å². The molecule has 2 heterocycles. The first-order valence-electron chi connectivity index (χ1n) is 8.10. The van der Waals surface area contributed by atoms with E-state index < -0.39 is 0 Å². The number of rotatable bonds is 4. The predicted molar refractivity (Wildman–Crippen MR) is 87.5 cm³/mol. The van der Waals surface area contributed by atoms with E-state index in [0.717, 1.165) is 24.3 Å². The summed E-state index contributed by atoms with van der Waals surface area (Å²) in [5.74, 6) is 1.83. The number of aryl methyl sites for hydroxylation is 1. The Morgan fingerprint density at radius 2 is 2.14 bits per heavy atom. The first-order valence-corrected chi connectivity index (χ1v) is 8.10. The average Bonchev–Trinajstić information content (AvgIpc) is 2.84. The van der Waals surface area contributed by atoms with Crippen molar-refractivity contribution in [1.29, 1.82) is 0 Å². The molecule has 1 saturated heterocycles. The van der Waals surface area contributed by atoms with Crippen molar-refractivity contribution >= 4 is 11.0 Å². The lowest BCUT2D eigenvalue weighted by Gasteiger charge is -2.35. The van der Waals surface area contributed by atoms with Crippen molar-refractivity contribution in [1.82, 2.24) is 10.2 Å². The summed E-state index contributed by atoms with van der Waals surface area (Å²) in [5, 5.41) is 5.04. The fourth-order valence-corrected chi connectivity index (χ4v) is 3.52. The lowest BCUT2D eigenvalue weighted by Crippen LogP contribution is -2.46. The van der Waals surface area contributed by atoms with Crippen LogP contribution in [0.15, 0.2) is 28.7 Å². The first kappa shape index (κ1) is 14.6. The standard InChI is InChI=1S/C18H26N2O/c1-4-17-15(14-7-5-6-8-18(14)21-17)11-19-16-9-10-20(3)12-13(16)2/h5-8,13,16,19H,4,9-12H2,1-3H3. The van der Waals surface area contributed by atoms with E-state index in [4.69, 9.17) is 4.42 Å². The number of para-hydroxylation sites is 1. The third-order valence-electron chi connectivity index (χ3n) is 4.75. The number of furan rings is 1. The Morgan fingerprint density at radius 1 is 1.33 bits per heavy atom. The van der Waals surface area contributed by atoms with Gasteiger partial charge in [0.25, 0.3) is 0 Å². The molecule has 2 aromatic rings. The Hall–Kier alpha value is -1.32. The Morgan fingerprint density at radius 3 is 2.90 bits per heavy atom. The number of likely N-dealkylation sites (tertiary alicyclic amines) is 1. The van der Waals surface area contributed by atoms with E-state index in [9.17, 15) is 0 Å². The Balaban J connectivity index is 1.75. The molecule has 2 atom stereocenters. The van der Waals surface area contributed by atoms with Gasteiger partial charge in [0, 0.05) is 36.5 Å². The van der Waals surface area contributed by atoms with Crippen LogP contribution in [0.2, 0.25) is 0 Å². The summed E-state index contributed by atoms with van der Waals surface area (Å²) >= 11 is 0. The molecule has 3 nitrogen and oxygen atoms in total. The van der Waals surface area contributed by atoms with Gasteiger partial charge in [-0.1, -0.05) is 32.0 Å². The summed E-state index contributed by atoms with van der Waals surface area (Å²) < 4.78 is 5.98. The minimum atomic E-state index is 0.611. The largest absolute Gasteiger partial charge is 0.461 e. The first-order chi connectivity index (χ1) is 10.2. The monoisotopic (exact) mass is 286 g/mol. The summed E-state index contributed by atoms with van der Waals surface area (Å²) in [6.07, 6.45) is 2.18. The van der Waals surface area contributed by atoms with Crippen LogP contribution in [0.25, 0.3) is 11.0 Å². The van der Waals surface area contributed by atoms with Gasteiger partial charge < -0.3 is 14.6 Å². The summed E-state index contributed by atoms with van der Waals surface area (Å²) in [4.78, 5) is 2.42. The molecule has 1 aromatic carbocycles. The van der Waals surface area contributed by atoms with Crippen molar-refractivity contribution in [2.75, 3.05) is 20.1 Å². The SMILES string of the molecule is CCc1oc2ccccc2c1CNC1CCN(C)CC1C. The zero-order valence-corrected chi connectivity index (χ0v) is 13.4. The molecule has 0 amide bonds. The third-order valence-corrected chi connectivity index (χ3v) is 4.75. The van der Waals surface area contributed by atoms with E-state index in [1.165, 1.54) is 30.5 Å². The van der Waals surface area contributed by atoms with Gasteiger partial charge in [0.1, 0.15) is 11.3 Å². The van der Waals surface area contributed by atoms with Crippen LogP contribution < -0.4 is 5.32 Å². The van der Waals surface area contributed by atoms with Crippen molar-refractivity contribution in [3.05, 3.63) is 35.6 Å². The normalized spacial score (nSPS) is 23.8. The van der Waals surface area contributed by atoms with Crippen LogP contribution in [0.5, 0.6) is 0 Å². The van der Waals surface area contributed by atoms with Gasteiger partial charge in [0.15, 0.2) is 0 Å². The molecule has 0 spiro atoms. The summed E-state index contributed by atoms with van der Waals surface area (Å²) in [6.45, 7) is 7.80. The van der Waals surface area contributed by atoms with Gasteiger partial charge in [-0.15, -0.1) is 0 Å². The van der Waals surface area contributed by atoms with Gasteiger partial charge in [-0.05, 0) is 32.0 Å². The maximum absolute atomic E-state index is 5.98. The van der Waals surface area contributed by atoms with E-state index in [0.29, 0.717) is 12.0 Å². The minimum absolute atomic E-state index is 0.611. The highest BCUT2D eigenvalue weighted by Crippen LogP contribution is 2.27. The van der Waals surface area contributed by atoms with Crippen LogP contribution in [-0.4, -0.2) is 31.1 Å². The smallest absolute Gasteiger partial charge is 0.134 e. The van der Waals surface area contributed by atoms with Gasteiger partial charge in [-0.3, -0.25) is 0 Å². The zero-order chi connectivity index (χ0) is 14.8. The molecule has 1 N–H and O–H groups in total. The zero-order valence-electron chi connectivity index (χ0n) is 13.4. The second-order valence-electron chi connectivity index (χ2n) is 6.37. The van der Waals surface area contributed by atoms with E-state index in [-0.39, 0.29) is 0 Å². The van der Waals surface area contributed by atoms with Gasteiger partial charge in [0.2, 0.25) is 0 Å². The Bertz CT molecular complexity index is 604. The third kappa shape index (κ3) is 2.99. The van der Waals surface area contributed by atoms with E-state index in [2.05, 4.69) is 49.3 Å². The number of fused-ring (bicyclic) bond motifs is 1. The highest BCUT2D eigenvalue weighted by atomic mass is 16.3. The predicted octanol–water partition coefficient (Wildman–Crippen LogP) is 3.43. The summed E-state index contributed by atoms with van der Waals surface area (Å²) in [7, 11) is 2.21. The van der Waals surface area contributed by atoms with Crippen molar-refractivity contribution in [3.8, 4) is 0 Å². The minimum Gasteiger partial charge on any atom is -0.461 e. The van der Waals surface area contributed by atoms with Crippen LogP contribution in [0, 0.1) is 5.92 Å². The molecular weight excluding hydrogens is 260 g/mol. The van der Waals surface area contributed by atoms with Crippen molar-refractivity contribution < 1.29 is 4.42 Å². The molecule has 1 aliphatic rings. The van der Waals surface area contributed by atoms with Gasteiger partial charge in [-0.25, -0.2) is 0 Å². The molecule has 0 aliphatic carbocycles. The maximum atomic E-state index is 5.98. The highest BCUT2D eigenvalue weighted by molar-refractivity contribution is 5.82. The van der Waals surface area contributed by atoms with Crippen molar-refractivity contribution in [2.24, 2.45) is 5.92 Å². The second-order valence-corrected chi connectivity index (χ2v) is 6.37. The number of hydrogen-bond donors (Lipinski definition) is 1. The fourth-order valence-electron chi connectivity index (χ4n) is 3.52. The summed E-state index contributed by atoms with van der Waals surface area (Å²) in [5.41, 5.74) is 2.36. The van der Waals surface area contributed by atoms with Gasteiger partial charge in [-0.2, -0.15) is 0 Å². The molecule has 0 radical (unpaired) electrons. The quantitative estimate of drug-likeness (QED) is 0.933. The molecule has 1 aliphatic heterocycles. The molecular formula is C18H26N2O. The van der Waals surface area contributed by atoms with Gasteiger partial charge >= 0.3 is 0 Å². The lowest BCUT2D eigenvalue weighted by molar-refractivity contribution is 0.174. The topological polar surface area (TPSA) is 28.4 Å². The number of hydrogen-bond acceptors (Lipinski definition) is 3. The van der Waals surface area contributed by atoms with Crippen LogP contribution in [-0.2, 0) is 13.0 Å². The molecule has 2 unspecified atom stereocenters. The van der Waals surface area contributed by atoms with Crippen LogP contribution in [0.3, 0.4) is 0 Å². The summed E-state index contributed by atoms with van der Waals surface area (Å²) in [6, 6.07) is 8.99.